The van der Waals surface area contributed by atoms with E-state index < -0.39 is 83.2 Å². The second kappa shape index (κ2) is 25.3. The van der Waals surface area contributed by atoms with Crippen molar-refractivity contribution in [1.82, 2.24) is 31.1 Å². The number of nitrogens with zero attached hydrogens (tertiary/aromatic N) is 2. The van der Waals surface area contributed by atoms with Gasteiger partial charge in [0.1, 0.15) is 41.4 Å². The molecule has 0 aromatic heterocycles. The first-order chi connectivity index (χ1) is 30.9. The molecule has 0 aliphatic carbocycles. The molecule has 6 amide bonds. The van der Waals surface area contributed by atoms with Gasteiger partial charge in [0.15, 0.2) is 0 Å². The summed E-state index contributed by atoms with van der Waals surface area (Å²) in [6.07, 6.45) is 0.759. The molecule has 1 saturated heterocycles. The molecule has 0 bridgehead atoms. The average molecular weight is 922 g/mol. The van der Waals surface area contributed by atoms with Gasteiger partial charge >= 0.3 is 18.2 Å². The van der Waals surface area contributed by atoms with Gasteiger partial charge in [-0.1, -0.05) is 81.4 Å². The van der Waals surface area contributed by atoms with E-state index in [0.29, 0.717) is 19.3 Å². The molecule has 0 radical (unpaired) electrons. The number of aliphatic carboxylic acids is 1. The molecule has 17 heteroatoms. The molecule has 0 saturated carbocycles. The molecular formula is C49H75N7O10. The van der Waals surface area contributed by atoms with Gasteiger partial charge in [0, 0.05) is 38.5 Å². The minimum atomic E-state index is -1.48. The number of carbonyl (C=O) groups excluding carboxylic acids is 6. The number of unbranched alkanes of at least 4 members (excludes halogenated alkanes) is 1. The second-order valence-corrected chi connectivity index (χ2v) is 19.6. The predicted octanol–water partition coefficient (Wildman–Crippen LogP) is 5.26. The van der Waals surface area contributed by atoms with Crippen LogP contribution in [0.4, 0.5) is 9.59 Å². The minimum absolute atomic E-state index is 0.0247. The summed E-state index contributed by atoms with van der Waals surface area (Å²) < 4.78 is 11.0. The summed E-state index contributed by atoms with van der Waals surface area (Å²) in [6.45, 7) is 16.4. The lowest BCUT2D eigenvalue weighted by molar-refractivity contribution is -0.148. The fourth-order valence-corrected chi connectivity index (χ4v) is 7.51. The smallest absolute Gasteiger partial charge is 0.410 e. The molecule has 2 aromatic carbocycles. The van der Waals surface area contributed by atoms with Crippen molar-refractivity contribution in [3.63, 3.8) is 0 Å². The maximum absolute atomic E-state index is 14.4. The lowest BCUT2D eigenvalue weighted by Gasteiger charge is -2.38. The summed E-state index contributed by atoms with van der Waals surface area (Å²) in [5.41, 5.74) is 4.83. The summed E-state index contributed by atoms with van der Waals surface area (Å²) in [7, 11) is 0. The third kappa shape index (κ3) is 19.0. The van der Waals surface area contributed by atoms with Crippen molar-refractivity contribution >= 4 is 41.8 Å². The molecule has 1 unspecified atom stereocenters. The van der Waals surface area contributed by atoms with Crippen LogP contribution >= 0.6 is 0 Å². The van der Waals surface area contributed by atoms with Crippen molar-refractivity contribution < 1.29 is 48.1 Å². The Morgan fingerprint density at radius 3 is 1.89 bits per heavy atom. The van der Waals surface area contributed by atoms with Crippen LogP contribution in [-0.2, 0) is 39.9 Å². The highest BCUT2D eigenvalue weighted by Gasteiger charge is 2.41. The first-order valence-electron chi connectivity index (χ1n) is 23.1. The third-order valence-corrected chi connectivity index (χ3v) is 11.1. The molecular weight excluding hydrogens is 847 g/mol. The van der Waals surface area contributed by atoms with Crippen molar-refractivity contribution in [3.05, 3.63) is 71.8 Å². The fraction of sp³-hybridized carbons (Fsp3) is 0.612. The first kappa shape index (κ1) is 54.6. The quantitative estimate of drug-likeness (QED) is 0.0833. The van der Waals surface area contributed by atoms with E-state index in [2.05, 4.69) is 21.3 Å². The molecule has 66 heavy (non-hydrogen) atoms. The molecule has 366 valence electrons. The molecule has 1 heterocycles. The van der Waals surface area contributed by atoms with E-state index in [9.17, 15) is 38.7 Å². The first-order valence-corrected chi connectivity index (χ1v) is 23.1. The van der Waals surface area contributed by atoms with Gasteiger partial charge in [0.05, 0.1) is 0 Å². The third-order valence-electron chi connectivity index (χ3n) is 11.1. The summed E-state index contributed by atoms with van der Waals surface area (Å²) in [6, 6.07) is 15.4. The van der Waals surface area contributed by atoms with E-state index in [1.807, 2.05) is 81.4 Å². The van der Waals surface area contributed by atoms with Crippen LogP contribution in [-0.4, -0.2) is 124 Å². The maximum Gasteiger partial charge on any atom is 0.410 e. The number of likely N-dealkylation sites (tertiary alicyclic amines) is 1. The number of hydrogen-bond acceptors (Lipinski definition) is 10. The lowest BCUT2D eigenvalue weighted by Crippen LogP contribution is -2.60. The van der Waals surface area contributed by atoms with Gasteiger partial charge in [0.25, 0.3) is 0 Å². The Balaban J connectivity index is 1.86. The van der Waals surface area contributed by atoms with Crippen molar-refractivity contribution in [1.29, 1.82) is 0 Å². The lowest BCUT2D eigenvalue weighted by atomic mass is 9.88. The SMILES string of the molecule is CCC(CN(CC(=O)N[C@H](Cc1ccccc1)C(=O)N[C@H](CC(C)C)C(=O)N[C@H](CCCCNC(=O)OC(C)(C)C)C(=O)N1CCC(N)(C(=O)O)CC1)C(=O)OC(C)(C)C)c1ccccc1. The largest absolute Gasteiger partial charge is 0.480 e. The van der Waals surface area contributed by atoms with Crippen molar-refractivity contribution in [2.45, 2.75) is 154 Å². The predicted molar refractivity (Wildman–Crippen MR) is 251 cm³/mol. The van der Waals surface area contributed by atoms with E-state index in [0.717, 1.165) is 11.1 Å². The van der Waals surface area contributed by atoms with Gasteiger partial charge in [0.2, 0.25) is 23.6 Å². The van der Waals surface area contributed by atoms with Gasteiger partial charge in [-0.3, -0.25) is 28.9 Å². The standard InChI is InChI=1S/C49H75N7O10/c1-10-35(36-21-15-12-16-22-36)31-56(46(64)66-48(7,8)9)32-40(57)52-39(30-34-19-13-11-14-20-34)42(59)54-38(29-33(2)3)41(58)53-37(23-17-18-26-51-45(63)65-47(4,5)6)43(60)55-27-24-49(50,25-28-55)44(61)62/h11-16,19-22,33,35,37-39H,10,17-18,23-32,50H2,1-9H3,(H,51,63)(H,52,57)(H,53,58)(H,54,59)(H,61,62)/t35?,37-,38-,39-/m1/s1. The number of piperidine rings is 1. The van der Waals surface area contributed by atoms with Gasteiger partial charge in [-0.2, -0.15) is 0 Å². The van der Waals surface area contributed by atoms with E-state index in [-0.39, 0.29) is 70.1 Å². The number of carboxylic acid groups (broad SMARTS) is 1. The zero-order chi connectivity index (χ0) is 49.2. The monoisotopic (exact) mass is 922 g/mol. The maximum atomic E-state index is 14.4. The molecule has 1 aliphatic heterocycles. The molecule has 0 spiro atoms. The molecule has 1 fully saturated rings. The normalized spacial score (nSPS) is 15.6. The van der Waals surface area contributed by atoms with Crippen LogP contribution in [0.25, 0.3) is 0 Å². The molecule has 3 rings (SSSR count). The van der Waals surface area contributed by atoms with Crippen molar-refractivity contribution in [2.75, 3.05) is 32.7 Å². The number of nitrogens with one attached hydrogen (secondary N) is 4. The van der Waals surface area contributed by atoms with Gasteiger partial charge in [-0.15, -0.1) is 0 Å². The molecule has 17 nitrogen and oxygen atoms in total. The van der Waals surface area contributed by atoms with E-state index in [1.165, 1.54) is 9.80 Å². The Bertz CT molecular complexity index is 1910. The second-order valence-electron chi connectivity index (χ2n) is 19.6. The number of rotatable bonds is 22. The van der Waals surface area contributed by atoms with Crippen LogP contribution in [0.3, 0.4) is 0 Å². The Labute approximate surface area is 390 Å². The number of hydrogen-bond donors (Lipinski definition) is 6. The summed E-state index contributed by atoms with van der Waals surface area (Å²) in [4.78, 5) is 97.2. The van der Waals surface area contributed by atoms with Crippen molar-refractivity contribution in [3.8, 4) is 0 Å². The van der Waals surface area contributed by atoms with E-state index in [4.69, 9.17) is 15.2 Å². The Morgan fingerprint density at radius 2 is 1.35 bits per heavy atom. The highest BCUT2D eigenvalue weighted by atomic mass is 16.6. The molecule has 1 aliphatic rings. The molecule has 2 aromatic rings. The Hall–Kier alpha value is -5.71. The highest BCUT2D eigenvalue weighted by molar-refractivity contribution is 5.95. The Morgan fingerprint density at radius 1 is 0.788 bits per heavy atom. The van der Waals surface area contributed by atoms with E-state index in [1.54, 1.807) is 41.5 Å². The number of benzene rings is 2. The Kier molecular flexibility index (Phi) is 20.9. The van der Waals surface area contributed by atoms with Crippen molar-refractivity contribution in [2.24, 2.45) is 11.7 Å². The van der Waals surface area contributed by atoms with Crippen LogP contribution in [0, 0.1) is 5.92 Å². The number of carbonyl (C=O) groups is 7. The molecule has 4 atom stereocenters. The van der Waals surface area contributed by atoms with Gasteiger partial charge < -0.3 is 46.5 Å². The summed E-state index contributed by atoms with van der Waals surface area (Å²) in [5.74, 6) is -3.65. The fourth-order valence-electron chi connectivity index (χ4n) is 7.51. The number of ether oxygens (including phenoxy) is 2. The van der Waals surface area contributed by atoms with Crippen LogP contribution in [0.2, 0.25) is 0 Å². The molecule has 7 N–H and O–H groups in total. The zero-order valence-corrected chi connectivity index (χ0v) is 40.4. The number of nitrogens with two attached hydrogens (primary N) is 1. The minimum Gasteiger partial charge on any atom is -0.480 e. The summed E-state index contributed by atoms with van der Waals surface area (Å²) >= 11 is 0. The van der Waals surface area contributed by atoms with Crippen LogP contribution in [0.5, 0.6) is 0 Å². The summed E-state index contributed by atoms with van der Waals surface area (Å²) in [5, 5.41) is 20.9. The topological polar surface area (TPSA) is 239 Å². The van der Waals surface area contributed by atoms with Crippen LogP contribution < -0.4 is 27.0 Å². The number of alkyl carbamates (subject to hydrolysis) is 1. The van der Waals surface area contributed by atoms with Gasteiger partial charge in [-0.05, 0) is 104 Å². The van der Waals surface area contributed by atoms with E-state index >= 15 is 0 Å². The van der Waals surface area contributed by atoms with Gasteiger partial charge in [-0.25, -0.2) is 9.59 Å². The highest BCUT2D eigenvalue weighted by Crippen LogP contribution is 2.23. The van der Waals surface area contributed by atoms with Crippen LogP contribution in [0.1, 0.15) is 124 Å². The number of carboxylic acids is 1. The number of amides is 6. The zero-order valence-electron chi connectivity index (χ0n) is 40.4. The van der Waals surface area contributed by atoms with Crippen LogP contribution in [0.15, 0.2) is 60.7 Å². The average Bonchev–Trinajstić information content (AvgIpc) is 3.23.